The first kappa shape index (κ1) is 13.3. The van der Waals surface area contributed by atoms with Gasteiger partial charge in [0.25, 0.3) is 12.4 Å². The molecule has 0 aliphatic carbocycles. The molecule has 1 aromatic rings. The molecular weight excluding hydrogens is 239 g/mol. The number of alkyl halides is 2. The number of ether oxygens (including phenoxy) is 2. The van der Waals surface area contributed by atoms with Gasteiger partial charge in [-0.3, -0.25) is 4.79 Å². The van der Waals surface area contributed by atoms with Crippen LogP contribution in [-0.2, 0) is 16.0 Å². The van der Waals surface area contributed by atoms with Gasteiger partial charge in [0.15, 0.2) is 5.75 Å². The van der Waals surface area contributed by atoms with E-state index in [1.165, 1.54) is 0 Å². The number of aromatic nitrogens is 1. The zero-order chi connectivity index (χ0) is 13.0. The molecule has 0 amide bonds. The molecule has 1 aromatic heterocycles. The number of methoxy groups -OCH3 is 2. The molecule has 0 aliphatic rings. The molecule has 0 aliphatic heterocycles. The minimum atomic E-state index is -2.92. The van der Waals surface area contributed by atoms with Crippen molar-refractivity contribution in [2.45, 2.75) is 12.8 Å². The maximum Gasteiger partial charge on any atom is 0.310 e. The van der Waals surface area contributed by atoms with Crippen LogP contribution in [-0.4, -0.2) is 25.2 Å². The van der Waals surface area contributed by atoms with Crippen LogP contribution in [0.2, 0.25) is 0 Å². The number of pyridine rings is 1. The zero-order valence-electron chi connectivity index (χ0n) is 9.17. The van der Waals surface area contributed by atoms with Crippen LogP contribution in [0.3, 0.4) is 0 Å². The van der Waals surface area contributed by atoms with Crippen LogP contribution in [0.4, 0.5) is 13.2 Å². The average molecular weight is 249 g/mol. The summed E-state index contributed by atoms with van der Waals surface area (Å²) in [4.78, 5) is 14.1. The van der Waals surface area contributed by atoms with E-state index in [1.54, 1.807) is 0 Å². The molecule has 1 heterocycles. The summed E-state index contributed by atoms with van der Waals surface area (Å²) in [5.74, 6) is -2.20. The largest absolute Gasteiger partial charge is 0.492 e. The van der Waals surface area contributed by atoms with Gasteiger partial charge in [-0.2, -0.15) is 4.39 Å². The molecule has 0 unspecified atom stereocenters. The van der Waals surface area contributed by atoms with Crippen LogP contribution < -0.4 is 4.74 Å². The van der Waals surface area contributed by atoms with Crippen LogP contribution in [0.1, 0.15) is 17.7 Å². The van der Waals surface area contributed by atoms with E-state index in [1.807, 2.05) is 0 Å². The zero-order valence-corrected chi connectivity index (χ0v) is 9.17. The van der Waals surface area contributed by atoms with Gasteiger partial charge in [-0.25, -0.2) is 13.8 Å². The number of hydrogen-bond donors (Lipinski definition) is 0. The molecular formula is C10H10F3NO3. The third-order valence-electron chi connectivity index (χ3n) is 2.02. The quantitative estimate of drug-likeness (QED) is 0.604. The highest BCUT2D eigenvalue weighted by Crippen LogP contribution is 2.27. The third-order valence-corrected chi connectivity index (χ3v) is 2.02. The van der Waals surface area contributed by atoms with Gasteiger partial charge in [0.1, 0.15) is 5.69 Å². The number of esters is 1. The SMILES string of the molecule is COC(=O)Cc1cc(C(F)F)nc(F)c1OC. The molecule has 0 N–H and O–H groups in total. The summed E-state index contributed by atoms with van der Waals surface area (Å²) < 4.78 is 47.1. The van der Waals surface area contributed by atoms with Crippen LogP contribution in [0.5, 0.6) is 5.75 Å². The predicted octanol–water partition coefficient (Wildman–Crippen LogP) is 1.88. The molecule has 0 spiro atoms. The van der Waals surface area contributed by atoms with Gasteiger partial charge in [0.2, 0.25) is 0 Å². The van der Waals surface area contributed by atoms with E-state index in [4.69, 9.17) is 0 Å². The summed E-state index contributed by atoms with van der Waals surface area (Å²) in [6.07, 6.45) is -3.29. The summed E-state index contributed by atoms with van der Waals surface area (Å²) in [7, 11) is 2.29. The predicted molar refractivity (Wildman–Crippen MR) is 51.4 cm³/mol. The monoisotopic (exact) mass is 249 g/mol. The normalized spacial score (nSPS) is 10.5. The van der Waals surface area contributed by atoms with Crippen LogP contribution in [0.15, 0.2) is 6.07 Å². The van der Waals surface area contributed by atoms with Gasteiger partial charge < -0.3 is 9.47 Å². The molecule has 0 aromatic carbocycles. The Morgan fingerprint density at radius 1 is 1.47 bits per heavy atom. The van der Waals surface area contributed by atoms with Crippen molar-refractivity contribution in [3.63, 3.8) is 0 Å². The van der Waals surface area contributed by atoms with Gasteiger partial charge >= 0.3 is 5.97 Å². The molecule has 94 valence electrons. The summed E-state index contributed by atoms with van der Waals surface area (Å²) in [5.41, 5.74) is -0.774. The average Bonchev–Trinajstić information content (AvgIpc) is 2.28. The van der Waals surface area contributed by atoms with Crippen LogP contribution in [0.25, 0.3) is 0 Å². The van der Waals surface area contributed by atoms with E-state index in [9.17, 15) is 18.0 Å². The number of nitrogens with zero attached hydrogens (tertiary/aromatic N) is 1. The van der Waals surface area contributed by atoms with E-state index in [2.05, 4.69) is 14.5 Å². The van der Waals surface area contributed by atoms with Crippen LogP contribution >= 0.6 is 0 Å². The molecule has 4 nitrogen and oxygen atoms in total. The number of rotatable bonds is 4. The first-order chi connectivity index (χ1) is 7.99. The highest BCUT2D eigenvalue weighted by atomic mass is 19.3. The van der Waals surface area contributed by atoms with Crippen LogP contribution in [0, 0.1) is 5.95 Å². The number of hydrogen-bond acceptors (Lipinski definition) is 4. The van der Waals surface area contributed by atoms with Crippen molar-refractivity contribution < 1.29 is 27.4 Å². The molecule has 0 bridgehead atoms. The highest BCUT2D eigenvalue weighted by molar-refractivity contribution is 5.73. The molecule has 1 rings (SSSR count). The summed E-state index contributed by atoms with van der Waals surface area (Å²) in [6, 6.07) is 0.920. The molecule has 0 fully saturated rings. The fourth-order valence-electron chi connectivity index (χ4n) is 1.26. The van der Waals surface area contributed by atoms with E-state index in [-0.39, 0.29) is 17.7 Å². The van der Waals surface area contributed by atoms with E-state index >= 15 is 0 Å². The molecule has 0 saturated carbocycles. The lowest BCUT2D eigenvalue weighted by atomic mass is 10.1. The van der Waals surface area contributed by atoms with Crippen molar-refractivity contribution in [2.24, 2.45) is 0 Å². The smallest absolute Gasteiger partial charge is 0.310 e. The lowest BCUT2D eigenvalue weighted by Gasteiger charge is -2.10. The Hall–Kier alpha value is -1.79. The summed E-state index contributed by atoms with van der Waals surface area (Å²) >= 11 is 0. The highest BCUT2D eigenvalue weighted by Gasteiger charge is 2.20. The Balaban J connectivity index is 3.19. The fourth-order valence-corrected chi connectivity index (χ4v) is 1.26. The fraction of sp³-hybridized carbons (Fsp3) is 0.400. The first-order valence-corrected chi connectivity index (χ1v) is 4.57. The maximum atomic E-state index is 13.3. The van der Waals surface area contributed by atoms with Gasteiger partial charge in [0.05, 0.1) is 20.6 Å². The van der Waals surface area contributed by atoms with Crippen molar-refractivity contribution in [1.29, 1.82) is 0 Å². The van der Waals surface area contributed by atoms with E-state index < -0.39 is 24.0 Å². The van der Waals surface area contributed by atoms with Gasteiger partial charge in [-0.15, -0.1) is 0 Å². The van der Waals surface area contributed by atoms with Crippen molar-refractivity contribution in [2.75, 3.05) is 14.2 Å². The van der Waals surface area contributed by atoms with Crippen molar-refractivity contribution >= 4 is 5.97 Å². The van der Waals surface area contributed by atoms with E-state index in [0.29, 0.717) is 0 Å². The number of carbonyl (C=O) groups excluding carboxylic acids is 1. The number of carbonyl (C=O) groups is 1. The minimum Gasteiger partial charge on any atom is -0.492 e. The Bertz CT molecular complexity index is 424. The summed E-state index contributed by atoms with van der Waals surface area (Å²) in [5, 5.41) is 0. The van der Waals surface area contributed by atoms with Crippen molar-refractivity contribution in [1.82, 2.24) is 4.98 Å². The van der Waals surface area contributed by atoms with Crippen molar-refractivity contribution in [3.05, 3.63) is 23.3 Å². The first-order valence-electron chi connectivity index (χ1n) is 4.57. The second-order valence-corrected chi connectivity index (χ2v) is 3.08. The molecule has 0 atom stereocenters. The van der Waals surface area contributed by atoms with E-state index in [0.717, 1.165) is 20.3 Å². The Kier molecular flexibility index (Phi) is 4.30. The Morgan fingerprint density at radius 3 is 2.59 bits per heavy atom. The second kappa shape index (κ2) is 5.51. The Labute approximate surface area is 95.4 Å². The molecule has 0 radical (unpaired) electrons. The Morgan fingerprint density at radius 2 is 2.12 bits per heavy atom. The maximum absolute atomic E-state index is 13.3. The molecule has 7 heteroatoms. The minimum absolute atomic E-state index is 0.0258. The van der Waals surface area contributed by atoms with Gasteiger partial charge in [-0.05, 0) is 6.07 Å². The lowest BCUT2D eigenvalue weighted by Crippen LogP contribution is -2.09. The summed E-state index contributed by atoms with van der Waals surface area (Å²) in [6.45, 7) is 0. The lowest BCUT2D eigenvalue weighted by molar-refractivity contribution is -0.139. The molecule has 17 heavy (non-hydrogen) atoms. The van der Waals surface area contributed by atoms with Gasteiger partial charge in [0, 0.05) is 5.56 Å². The molecule has 0 saturated heterocycles. The second-order valence-electron chi connectivity index (χ2n) is 3.08. The topological polar surface area (TPSA) is 48.4 Å². The van der Waals surface area contributed by atoms with Gasteiger partial charge in [-0.1, -0.05) is 0 Å². The standard InChI is InChI=1S/C10H10F3NO3/c1-16-7(15)4-5-3-6(9(11)12)14-10(13)8(5)17-2/h3,9H,4H2,1-2H3. The third kappa shape index (κ3) is 3.08. The van der Waals surface area contributed by atoms with Crippen molar-refractivity contribution in [3.8, 4) is 5.75 Å². The number of halogens is 3.